The van der Waals surface area contributed by atoms with Crippen LogP contribution < -0.4 is 10.2 Å². The second kappa shape index (κ2) is 10.1. The highest BCUT2D eigenvalue weighted by Gasteiger charge is 2.18. The van der Waals surface area contributed by atoms with E-state index in [2.05, 4.69) is 34.4 Å². The summed E-state index contributed by atoms with van der Waals surface area (Å²) < 4.78 is 0.968. The standard InChI is InChI=1S/C18H24BrN3O2/c1-5-9-22(10-6-2)18(24)13-21(4)12-17(23)20-16-8-7-15(19)11-14(16)3/h5-8,11H,1-2,9-10,12-13H2,3-4H3,(H,20,23)/p+1. The monoisotopic (exact) mass is 394 g/mol. The van der Waals surface area contributed by atoms with Crippen LogP contribution in [0.15, 0.2) is 48.0 Å². The number of quaternary nitrogens is 1. The van der Waals surface area contributed by atoms with Gasteiger partial charge in [0.2, 0.25) is 0 Å². The summed E-state index contributed by atoms with van der Waals surface area (Å²) in [4.78, 5) is 26.9. The number of nitrogens with one attached hydrogen (secondary N) is 2. The van der Waals surface area contributed by atoms with Gasteiger partial charge in [-0.25, -0.2) is 0 Å². The Morgan fingerprint density at radius 2 is 1.88 bits per heavy atom. The van der Waals surface area contributed by atoms with Gasteiger partial charge < -0.3 is 15.1 Å². The predicted molar refractivity (Wildman–Crippen MR) is 101 cm³/mol. The third-order valence-electron chi connectivity index (χ3n) is 3.43. The van der Waals surface area contributed by atoms with Gasteiger partial charge in [-0.2, -0.15) is 0 Å². The molecule has 5 nitrogen and oxygen atoms in total. The highest BCUT2D eigenvalue weighted by Crippen LogP contribution is 2.19. The molecule has 0 saturated heterocycles. The van der Waals surface area contributed by atoms with Gasteiger partial charge in [-0.15, -0.1) is 13.2 Å². The van der Waals surface area contributed by atoms with E-state index in [-0.39, 0.29) is 24.9 Å². The van der Waals surface area contributed by atoms with Crippen molar-refractivity contribution in [1.82, 2.24) is 4.90 Å². The van der Waals surface area contributed by atoms with Gasteiger partial charge in [0, 0.05) is 23.2 Å². The van der Waals surface area contributed by atoms with Gasteiger partial charge in [-0.3, -0.25) is 9.59 Å². The molecule has 0 heterocycles. The van der Waals surface area contributed by atoms with E-state index in [0.717, 1.165) is 20.6 Å². The Labute approximate surface area is 152 Å². The zero-order chi connectivity index (χ0) is 18.1. The minimum atomic E-state index is -0.121. The molecule has 1 aromatic rings. The van der Waals surface area contributed by atoms with Crippen LogP contribution >= 0.6 is 15.9 Å². The number of carbonyl (C=O) groups excluding carboxylic acids is 2. The first-order valence-corrected chi connectivity index (χ1v) is 8.53. The Hall–Kier alpha value is -1.92. The van der Waals surface area contributed by atoms with E-state index in [0.29, 0.717) is 13.1 Å². The zero-order valence-corrected chi connectivity index (χ0v) is 15.9. The van der Waals surface area contributed by atoms with E-state index in [9.17, 15) is 9.59 Å². The van der Waals surface area contributed by atoms with Crippen molar-refractivity contribution >= 4 is 33.4 Å². The molecule has 24 heavy (non-hydrogen) atoms. The zero-order valence-electron chi connectivity index (χ0n) is 14.3. The molecule has 1 unspecified atom stereocenters. The van der Waals surface area contributed by atoms with Gasteiger partial charge in [-0.1, -0.05) is 28.1 Å². The van der Waals surface area contributed by atoms with E-state index in [1.165, 1.54) is 0 Å². The van der Waals surface area contributed by atoms with E-state index in [1.54, 1.807) is 17.1 Å². The summed E-state index contributed by atoms with van der Waals surface area (Å²) in [6.45, 7) is 10.6. The van der Waals surface area contributed by atoms with Gasteiger partial charge in [0.1, 0.15) is 0 Å². The van der Waals surface area contributed by atoms with E-state index < -0.39 is 0 Å². The van der Waals surface area contributed by atoms with Crippen LogP contribution in [-0.2, 0) is 9.59 Å². The number of anilines is 1. The number of rotatable bonds is 9. The van der Waals surface area contributed by atoms with Gasteiger partial charge >= 0.3 is 0 Å². The molecule has 0 radical (unpaired) electrons. The van der Waals surface area contributed by atoms with Crippen LogP contribution in [-0.4, -0.2) is 49.9 Å². The molecule has 0 aliphatic carbocycles. The average Bonchev–Trinajstić information content (AvgIpc) is 2.49. The quantitative estimate of drug-likeness (QED) is 0.622. The van der Waals surface area contributed by atoms with Crippen LogP contribution in [0.2, 0.25) is 0 Å². The molecule has 6 heteroatoms. The molecule has 0 bridgehead atoms. The van der Waals surface area contributed by atoms with Gasteiger partial charge in [0.05, 0.1) is 7.05 Å². The summed E-state index contributed by atoms with van der Waals surface area (Å²) in [6, 6.07) is 5.68. The summed E-state index contributed by atoms with van der Waals surface area (Å²) >= 11 is 3.40. The van der Waals surface area contributed by atoms with Crippen molar-refractivity contribution in [2.24, 2.45) is 0 Å². The molecular formula is C18H25BrN3O2+. The van der Waals surface area contributed by atoms with Crippen molar-refractivity contribution in [3.8, 4) is 0 Å². The topological polar surface area (TPSA) is 53.9 Å². The third-order valence-corrected chi connectivity index (χ3v) is 3.92. The second-order valence-corrected chi connectivity index (χ2v) is 6.61. The molecular weight excluding hydrogens is 370 g/mol. The summed E-state index contributed by atoms with van der Waals surface area (Å²) in [5, 5.41) is 2.88. The lowest BCUT2D eigenvalue weighted by Gasteiger charge is -2.21. The Morgan fingerprint density at radius 3 is 2.42 bits per heavy atom. The van der Waals surface area contributed by atoms with Crippen LogP contribution in [0.4, 0.5) is 5.69 Å². The number of hydrogen-bond acceptors (Lipinski definition) is 2. The average molecular weight is 395 g/mol. The molecule has 0 saturated carbocycles. The first kappa shape index (κ1) is 20.1. The summed E-state index contributed by atoms with van der Waals surface area (Å²) in [7, 11) is 1.83. The van der Waals surface area contributed by atoms with Crippen LogP contribution in [0.3, 0.4) is 0 Å². The maximum Gasteiger partial charge on any atom is 0.279 e. The Kier molecular flexibility index (Phi) is 8.43. The lowest BCUT2D eigenvalue weighted by atomic mass is 10.2. The molecule has 0 aliphatic heterocycles. The van der Waals surface area contributed by atoms with Crippen molar-refractivity contribution in [2.75, 3.05) is 38.5 Å². The van der Waals surface area contributed by atoms with E-state index in [1.807, 2.05) is 32.2 Å². The first-order valence-electron chi connectivity index (χ1n) is 7.74. The molecule has 0 aromatic heterocycles. The van der Waals surface area contributed by atoms with Gasteiger partial charge in [0.15, 0.2) is 13.1 Å². The summed E-state index contributed by atoms with van der Waals surface area (Å²) in [5.74, 6) is -0.148. The number of amides is 2. The molecule has 0 fully saturated rings. The fraction of sp³-hybridized carbons (Fsp3) is 0.333. The highest BCUT2D eigenvalue weighted by atomic mass is 79.9. The molecule has 1 rings (SSSR count). The fourth-order valence-electron chi connectivity index (χ4n) is 2.26. The minimum absolute atomic E-state index is 0.0278. The number of benzene rings is 1. The van der Waals surface area contributed by atoms with Crippen molar-refractivity contribution in [2.45, 2.75) is 6.92 Å². The van der Waals surface area contributed by atoms with Crippen molar-refractivity contribution < 1.29 is 14.5 Å². The number of carbonyl (C=O) groups is 2. The second-order valence-electron chi connectivity index (χ2n) is 5.69. The SMILES string of the molecule is C=CCN(CC=C)C(=O)C[NH+](C)CC(=O)Nc1ccc(Br)cc1C. The molecule has 0 spiro atoms. The smallest absolute Gasteiger partial charge is 0.279 e. The van der Waals surface area contributed by atoms with Crippen molar-refractivity contribution in [3.63, 3.8) is 0 Å². The number of likely N-dealkylation sites (N-methyl/N-ethyl adjacent to an activating group) is 1. The number of hydrogen-bond donors (Lipinski definition) is 2. The molecule has 2 N–H and O–H groups in total. The van der Waals surface area contributed by atoms with Crippen molar-refractivity contribution in [3.05, 3.63) is 53.5 Å². The van der Waals surface area contributed by atoms with E-state index >= 15 is 0 Å². The Morgan fingerprint density at radius 1 is 1.25 bits per heavy atom. The first-order chi connectivity index (χ1) is 11.4. The lowest BCUT2D eigenvalue weighted by molar-refractivity contribution is -0.862. The third kappa shape index (κ3) is 6.68. The number of aryl methyl sites for hydroxylation is 1. The molecule has 1 atom stereocenters. The Balaban J connectivity index is 2.55. The molecule has 130 valence electrons. The fourth-order valence-corrected chi connectivity index (χ4v) is 2.73. The summed E-state index contributed by atoms with van der Waals surface area (Å²) in [5.41, 5.74) is 1.76. The van der Waals surface area contributed by atoms with Gasteiger partial charge in [-0.05, 0) is 30.7 Å². The summed E-state index contributed by atoms with van der Waals surface area (Å²) in [6.07, 6.45) is 3.36. The maximum absolute atomic E-state index is 12.2. The van der Waals surface area contributed by atoms with Crippen LogP contribution in [0.25, 0.3) is 0 Å². The molecule has 2 amide bonds. The van der Waals surface area contributed by atoms with Gasteiger partial charge in [0.25, 0.3) is 11.8 Å². The van der Waals surface area contributed by atoms with E-state index in [4.69, 9.17) is 0 Å². The van der Waals surface area contributed by atoms with Crippen LogP contribution in [0.1, 0.15) is 5.56 Å². The molecule has 0 aliphatic rings. The van der Waals surface area contributed by atoms with Crippen LogP contribution in [0, 0.1) is 6.92 Å². The Bertz CT molecular complexity index is 606. The van der Waals surface area contributed by atoms with Crippen molar-refractivity contribution in [1.29, 1.82) is 0 Å². The largest absolute Gasteiger partial charge is 0.330 e. The highest BCUT2D eigenvalue weighted by molar-refractivity contribution is 9.10. The minimum Gasteiger partial charge on any atom is -0.330 e. The normalized spacial score (nSPS) is 11.5. The number of nitrogens with zero attached hydrogens (tertiary/aromatic N) is 1. The van der Waals surface area contributed by atoms with Crippen LogP contribution in [0.5, 0.6) is 0 Å². The lowest BCUT2D eigenvalue weighted by Crippen LogP contribution is -3.11. The predicted octanol–water partition coefficient (Wildman–Crippen LogP) is 1.41. The number of halogens is 1. The molecule has 1 aromatic carbocycles. The maximum atomic E-state index is 12.2.